The van der Waals surface area contributed by atoms with Crippen LogP contribution in [0, 0.1) is 11.3 Å². The van der Waals surface area contributed by atoms with Crippen LogP contribution >= 0.6 is 0 Å². The predicted octanol–water partition coefficient (Wildman–Crippen LogP) is 4.95. The number of rotatable bonds is 8. The second-order valence-electron chi connectivity index (χ2n) is 11.0. The third-order valence-electron chi connectivity index (χ3n) is 8.57. The van der Waals surface area contributed by atoms with E-state index < -0.39 is 0 Å². The zero-order chi connectivity index (χ0) is 28.0. The van der Waals surface area contributed by atoms with Crippen molar-refractivity contribution in [1.82, 2.24) is 15.3 Å². The number of H-pyrrole nitrogens is 1. The number of aromatic nitrogens is 2. The Kier molecular flexibility index (Phi) is 9.28. The summed E-state index contributed by atoms with van der Waals surface area (Å²) in [6.07, 6.45) is 13.7. The van der Waals surface area contributed by atoms with Crippen LogP contribution in [0.4, 0.5) is 5.95 Å². The molecule has 8 heteroatoms. The maximum Gasteiger partial charge on any atom is 0.260 e. The molecule has 1 aromatic heterocycles. The van der Waals surface area contributed by atoms with Crippen molar-refractivity contribution in [2.24, 2.45) is 11.3 Å². The van der Waals surface area contributed by atoms with Gasteiger partial charge in [0.25, 0.3) is 5.56 Å². The third-order valence-corrected chi connectivity index (χ3v) is 8.57. The molecule has 0 radical (unpaired) electrons. The molecular formula is C31H42N4O4. The Morgan fingerprint density at radius 3 is 2.41 bits per heavy atom. The number of carbonyl (C=O) groups excluding carboxylic acids is 1. The van der Waals surface area contributed by atoms with Gasteiger partial charge in [0.05, 0.1) is 25.1 Å². The van der Waals surface area contributed by atoms with Gasteiger partial charge in [-0.2, -0.15) is 0 Å². The van der Waals surface area contributed by atoms with E-state index in [0.29, 0.717) is 53.4 Å². The molecule has 210 valence electrons. The smallest absolute Gasteiger partial charge is 0.260 e. The van der Waals surface area contributed by atoms with Crippen molar-refractivity contribution in [3.05, 3.63) is 58.9 Å². The molecule has 1 atom stereocenters. The highest BCUT2D eigenvalue weighted by Gasteiger charge is 2.38. The maximum absolute atomic E-state index is 12.6. The summed E-state index contributed by atoms with van der Waals surface area (Å²) in [6, 6.07) is 3.97. The molecule has 39 heavy (non-hydrogen) atoms. The van der Waals surface area contributed by atoms with Crippen molar-refractivity contribution < 1.29 is 14.3 Å². The van der Waals surface area contributed by atoms with Crippen molar-refractivity contribution in [2.75, 3.05) is 39.3 Å². The third kappa shape index (κ3) is 6.44. The van der Waals surface area contributed by atoms with E-state index in [0.717, 1.165) is 32.1 Å². The van der Waals surface area contributed by atoms with Crippen LogP contribution in [0.3, 0.4) is 0 Å². The number of methoxy groups -OCH3 is 2. The molecule has 2 saturated carbocycles. The lowest BCUT2D eigenvalue weighted by Crippen LogP contribution is -2.43. The number of nitrogens with zero attached hydrogens (tertiary/aromatic N) is 2. The standard InChI is InChI=1S/C21H27N3O4.C10H15N/c1-27-17-10-15-16(11-18(17)28-2)22-20(23-19(15)26)24-8-6-21(13-25,7-9-24)12-14-4-3-5-14;1-4-5-9-7-10(11-3)6-8(9)2/h10-11,13-14H,3-9,12H2,1-2H3,(H,22,23,26);4-5,10-11H,1-2,6-7H2,3H3/b;9-5-. The number of hydrogen-bond acceptors (Lipinski definition) is 7. The van der Waals surface area contributed by atoms with Gasteiger partial charge in [0.15, 0.2) is 11.5 Å². The molecule has 1 unspecified atom stereocenters. The van der Waals surface area contributed by atoms with Gasteiger partial charge in [-0.25, -0.2) is 4.98 Å². The van der Waals surface area contributed by atoms with Crippen molar-refractivity contribution in [1.29, 1.82) is 0 Å². The maximum atomic E-state index is 12.6. The summed E-state index contributed by atoms with van der Waals surface area (Å²) in [7, 11) is 5.09. The van der Waals surface area contributed by atoms with Gasteiger partial charge < -0.3 is 24.5 Å². The number of allylic oxidation sites excluding steroid dienone is 2. The van der Waals surface area contributed by atoms with Crippen LogP contribution < -0.4 is 25.2 Å². The molecule has 2 aromatic rings. The van der Waals surface area contributed by atoms with Gasteiger partial charge in [-0.1, -0.05) is 50.1 Å². The van der Waals surface area contributed by atoms with Gasteiger partial charge in [0.1, 0.15) is 6.29 Å². The Balaban J connectivity index is 0.000000270. The Morgan fingerprint density at radius 1 is 1.18 bits per heavy atom. The Labute approximate surface area is 231 Å². The van der Waals surface area contributed by atoms with Crippen molar-refractivity contribution in [2.45, 2.75) is 57.4 Å². The van der Waals surface area contributed by atoms with Crippen LogP contribution in [0.2, 0.25) is 0 Å². The second kappa shape index (κ2) is 12.6. The van der Waals surface area contributed by atoms with Crippen LogP contribution in [-0.4, -0.2) is 56.7 Å². The molecule has 3 aliphatic rings. The quantitative estimate of drug-likeness (QED) is 0.463. The van der Waals surface area contributed by atoms with Crippen LogP contribution in [-0.2, 0) is 4.79 Å². The highest BCUT2D eigenvalue weighted by atomic mass is 16.5. The Bertz CT molecular complexity index is 1290. The number of carbonyl (C=O) groups is 1. The fourth-order valence-electron chi connectivity index (χ4n) is 5.85. The number of aldehydes is 1. The minimum absolute atomic E-state index is 0.206. The molecule has 2 heterocycles. The summed E-state index contributed by atoms with van der Waals surface area (Å²) in [5, 5.41) is 3.71. The molecule has 1 saturated heterocycles. The Morgan fingerprint density at radius 2 is 1.87 bits per heavy atom. The molecule has 2 aliphatic carbocycles. The lowest BCUT2D eigenvalue weighted by molar-refractivity contribution is -0.118. The van der Waals surface area contributed by atoms with E-state index >= 15 is 0 Å². The van der Waals surface area contributed by atoms with Gasteiger partial charge >= 0.3 is 0 Å². The molecule has 0 spiro atoms. The van der Waals surface area contributed by atoms with Crippen molar-refractivity contribution in [3.63, 3.8) is 0 Å². The summed E-state index contributed by atoms with van der Waals surface area (Å²) in [6.45, 7) is 9.10. The molecule has 3 fully saturated rings. The summed E-state index contributed by atoms with van der Waals surface area (Å²) in [5.74, 6) is 2.30. The van der Waals surface area contributed by atoms with E-state index in [1.54, 1.807) is 19.2 Å². The molecule has 1 aliphatic heterocycles. The van der Waals surface area contributed by atoms with Crippen molar-refractivity contribution in [3.8, 4) is 11.5 Å². The first-order valence-electron chi connectivity index (χ1n) is 13.9. The van der Waals surface area contributed by atoms with E-state index in [1.807, 2.05) is 13.1 Å². The second-order valence-corrected chi connectivity index (χ2v) is 11.0. The average Bonchev–Trinajstić information content (AvgIpc) is 3.30. The van der Waals surface area contributed by atoms with E-state index in [-0.39, 0.29) is 11.0 Å². The molecule has 5 rings (SSSR count). The lowest BCUT2D eigenvalue weighted by Gasteiger charge is -2.42. The van der Waals surface area contributed by atoms with Gasteiger partial charge in [-0.05, 0) is 56.7 Å². The van der Waals surface area contributed by atoms with Gasteiger partial charge in [0.2, 0.25) is 5.95 Å². The normalized spacial score (nSPS) is 21.7. The number of fused-ring (bicyclic) bond motifs is 1. The predicted molar refractivity (Wildman–Crippen MR) is 157 cm³/mol. The average molecular weight is 535 g/mol. The monoisotopic (exact) mass is 534 g/mol. The number of piperidine rings is 1. The van der Waals surface area contributed by atoms with Gasteiger partial charge in [0, 0.05) is 30.6 Å². The van der Waals surface area contributed by atoms with E-state index in [4.69, 9.17) is 9.47 Å². The molecule has 0 bridgehead atoms. The van der Waals surface area contributed by atoms with E-state index in [2.05, 4.69) is 39.4 Å². The van der Waals surface area contributed by atoms with Crippen molar-refractivity contribution >= 4 is 23.1 Å². The molecule has 2 N–H and O–H groups in total. The van der Waals surface area contributed by atoms with Crippen LogP contribution in [0.15, 0.2) is 53.4 Å². The van der Waals surface area contributed by atoms with Crippen LogP contribution in [0.25, 0.3) is 10.9 Å². The Hall–Kier alpha value is -3.39. The minimum Gasteiger partial charge on any atom is -0.493 e. The first-order valence-corrected chi connectivity index (χ1v) is 13.9. The fourth-order valence-corrected chi connectivity index (χ4v) is 5.85. The molecule has 8 nitrogen and oxygen atoms in total. The van der Waals surface area contributed by atoms with Crippen LogP contribution in [0.5, 0.6) is 11.5 Å². The number of aromatic amines is 1. The summed E-state index contributed by atoms with van der Waals surface area (Å²) < 4.78 is 10.6. The first kappa shape index (κ1) is 28.6. The number of anilines is 1. The number of ether oxygens (including phenoxy) is 2. The van der Waals surface area contributed by atoms with Gasteiger partial charge in [-0.15, -0.1) is 0 Å². The highest BCUT2D eigenvalue weighted by molar-refractivity contribution is 5.82. The number of nitrogens with one attached hydrogen (secondary N) is 2. The summed E-state index contributed by atoms with van der Waals surface area (Å²) in [4.78, 5) is 34.1. The lowest BCUT2D eigenvalue weighted by atomic mass is 9.68. The molecule has 1 aromatic carbocycles. The zero-order valence-corrected chi connectivity index (χ0v) is 23.6. The van der Waals surface area contributed by atoms with Gasteiger partial charge in [-0.3, -0.25) is 9.78 Å². The zero-order valence-electron chi connectivity index (χ0n) is 23.6. The SMILES string of the molecule is C=C/C=C1/CC(NC)CC1=C.COc1cc2nc(N3CCC(C=O)(CC4CCC4)CC3)[nH]c(=O)c2cc1OC. The fraction of sp³-hybridized carbons (Fsp3) is 0.516. The van der Waals surface area contributed by atoms with E-state index in [9.17, 15) is 9.59 Å². The topological polar surface area (TPSA) is 96.5 Å². The minimum atomic E-state index is -0.213. The van der Waals surface area contributed by atoms with Crippen LogP contribution in [0.1, 0.15) is 51.4 Å². The molecule has 0 amide bonds. The first-order chi connectivity index (χ1) is 18.8. The van der Waals surface area contributed by atoms with E-state index in [1.165, 1.54) is 43.8 Å². The summed E-state index contributed by atoms with van der Waals surface area (Å²) >= 11 is 0. The number of benzene rings is 1. The highest BCUT2D eigenvalue weighted by Crippen LogP contribution is 2.42. The largest absolute Gasteiger partial charge is 0.493 e. The number of hydrogen-bond donors (Lipinski definition) is 2. The molecular weight excluding hydrogens is 492 g/mol. The summed E-state index contributed by atoms with van der Waals surface area (Å²) in [5.41, 5.74) is 2.75.